The van der Waals surface area contributed by atoms with Crippen LogP contribution in [0.15, 0.2) is 65.7 Å². The first kappa shape index (κ1) is 20.6. The predicted octanol–water partition coefficient (Wildman–Crippen LogP) is 4.18. The highest BCUT2D eigenvalue weighted by Crippen LogP contribution is 2.43. The molecule has 158 valence electrons. The maximum absolute atomic E-state index is 13.0. The Morgan fingerprint density at radius 3 is 2.35 bits per heavy atom. The second kappa shape index (κ2) is 8.61. The highest BCUT2D eigenvalue weighted by Gasteiger charge is 2.47. The second-order valence-corrected chi connectivity index (χ2v) is 7.59. The third kappa shape index (κ3) is 3.77. The van der Waals surface area contributed by atoms with Crippen molar-refractivity contribution in [3.63, 3.8) is 0 Å². The van der Waals surface area contributed by atoms with Gasteiger partial charge in [-0.3, -0.25) is 14.5 Å². The second-order valence-electron chi connectivity index (χ2n) is 6.71. The largest absolute Gasteiger partial charge is 0.507 e. The van der Waals surface area contributed by atoms with Crippen LogP contribution in [0.5, 0.6) is 11.5 Å². The number of aromatic nitrogens is 1. The van der Waals surface area contributed by atoms with Gasteiger partial charge in [0.25, 0.3) is 5.78 Å². The van der Waals surface area contributed by atoms with Crippen molar-refractivity contribution in [1.82, 2.24) is 4.98 Å². The van der Waals surface area contributed by atoms with Gasteiger partial charge in [0, 0.05) is 17.1 Å². The van der Waals surface area contributed by atoms with Crippen LogP contribution in [0.4, 0.5) is 5.13 Å². The van der Waals surface area contributed by atoms with Crippen LogP contribution < -0.4 is 14.4 Å². The third-order valence-corrected chi connectivity index (χ3v) is 5.71. The van der Waals surface area contributed by atoms with E-state index in [9.17, 15) is 14.7 Å². The summed E-state index contributed by atoms with van der Waals surface area (Å²) in [6.07, 6.45) is 1.57. The molecule has 8 heteroatoms. The number of thiazole rings is 1. The summed E-state index contributed by atoms with van der Waals surface area (Å²) < 4.78 is 10.7. The zero-order chi connectivity index (χ0) is 22.0. The van der Waals surface area contributed by atoms with Gasteiger partial charge < -0.3 is 14.6 Å². The van der Waals surface area contributed by atoms with Crippen LogP contribution in [-0.4, -0.2) is 35.5 Å². The highest BCUT2D eigenvalue weighted by atomic mass is 32.1. The molecule has 1 saturated heterocycles. The van der Waals surface area contributed by atoms with E-state index in [1.54, 1.807) is 67.2 Å². The van der Waals surface area contributed by atoms with E-state index in [1.165, 1.54) is 16.2 Å². The van der Waals surface area contributed by atoms with Crippen molar-refractivity contribution in [2.24, 2.45) is 0 Å². The number of aliphatic hydroxyl groups is 1. The Morgan fingerprint density at radius 1 is 1.10 bits per heavy atom. The van der Waals surface area contributed by atoms with E-state index in [1.807, 2.05) is 6.92 Å². The van der Waals surface area contributed by atoms with Gasteiger partial charge in [0.15, 0.2) is 5.13 Å². The molecule has 2 aromatic carbocycles. The number of carbonyl (C=O) groups excluding carboxylic acids is 2. The molecule has 1 N–H and O–H groups in total. The Hall–Kier alpha value is -3.65. The molecule has 1 fully saturated rings. The van der Waals surface area contributed by atoms with Gasteiger partial charge in [0.1, 0.15) is 17.3 Å². The van der Waals surface area contributed by atoms with Gasteiger partial charge in [0.2, 0.25) is 0 Å². The molecular weight excluding hydrogens is 416 g/mol. The third-order valence-electron chi connectivity index (χ3n) is 4.94. The summed E-state index contributed by atoms with van der Waals surface area (Å²) in [5, 5.41) is 13.2. The standard InChI is InChI=1S/C23H20N2O5S/c1-3-30-17-10-6-15(7-11-17)20(26)18-19(14-4-8-16(29-2)9-5-14)25(22(28)21(18)27)23-24-12-13-31-23/h4-13,19,26H,3H2,1-2H3. The first-order chi connectivity index (χ1) is 15.0. The molecule has 7 nitrogen and oxygen atoms in total. The molecular formula is C23H20N2O5S. The Bertz CT molecular complexity index is 1120. The van der Waals surface area contributed by atoms with Gasteiger partial charge >= 0.3 is 5.91 Å². The monoisotopic (exact) mass is 436 g/mol. The summed E-state index contributed by atoms with van der Waals surface area (Å²) in [6.45, 7) is 2.39. The van der Waals surface area contributed by atoms with Crippen molar-refractivity contribution in [3.8, 4) is 11.5 Å². The van der Waals surface area contributed by atoms with Gasteiger partial charge in [0.05, 0.1) is 25.3 Å². The fourth-order valence-electron chi connectivity index (χ4n) is 3.50. The van der Waals surface area contributed by atoms with Crippen molar-refractivity contribution < 1.29 is 24.2 Å². The van der Waals surface area contributed by atoms with Crippen LogP contribution in [0.25, 0.3) is 5.76 Å². The molecule has 1 aliphatic rings. The number of ketones is 1. The topological polar surface area (TPSA) is 89.0 Å². The number of benzene rings is 2. The average Bonchev–Trinajstić information content (AvgIpc) is 3.41. The van der Waals surface area contributed by atoms with Gasteiger partial charge in [-0.2, -0.15) is 0 Å². The van der Waals surface area contributed by atoms with Crippen molar-refractivity contribution in [1.29, 1.82) is 0 Å². The quantitative estimate of drug-likeness (QED) is 0.354. The normalized spacial score (nSPS) is 17.7. The Morgan fingerprint density at radius 2 is 1.77 bits per heavy atom. The minimum Gasteiger partial charge on any atom is -0.507 e. The number of anilines is 1. The number of Topliss-reactive ketones (excluding diaryl/α,β-unsaturated/α-hetero) is 1. The fourth-order valence-corrected chi connectivity index (χ4v) is 4.16. The van der Waals surface area contributed by atoms with Crippen LogP contribution in [0.3, 0.4) is 0 Å². The lowest BCUT2D eigenvalue weighted by Gasteiger charge is -2.23. The van der Waals surface area contributed by atoms with Crippen LogP contribution in [0.2, 0.25) is 0 Å². The molecule has 0 radical (unpaired) electrons. The van der Waals surface area contributed by atoms with E-state index in [0.717, 1.165) is 0 Å². The molecule has 1 aromatic heterocycles. The Kier molecular flexibility index (Phi) is 5.73. The predicted molar refractivity (Wildman–Crippen MR) is 118 cm³/mol. The van der Waals surface area contributed by atoms with Crippen molar-refractivity contribution >= 4 is 33.9 Å². The Labute approximate surface area is 183 Å². The smallest absolute Gasteiger partial charge is 0.301 e. The van der Waals surface area contributed by atoms with E-state index in [2.05, 4.69) is 4.98 Å². The maximum Gasteiger partial charge on any atom is 0.301 e. The summed E-state index contributed by atoms with van der Waals surface area (Å²) in [7, 11) is 1.56. The molecule has 1 amide bonds. The highest BCUT2D eigenvalue weighted by molar-refractivity contribution is 7.14. The summed E-state index contributed by atoms with van der Waals surface area (Å²) in [5.74, 6) is -0.456. The number of methoxy groups -OCH3 is 1. The number of hydrogen-bond donors (Lipinski definition) is 1. The van der Waals surface area contributed by atoms with Crippen LogP contribution in [0, 0.1) is 0 Å². The molecule has 1 atom stereocenters. The van der Waals surface area contributed by atoms with E-state index in [4.69, 9.17) is 9.47 Å². The summed E-state index contributed by atoms with van der Waals surface area (Å²) in [4.78, 5) is 31.5. The van der Waals surface area contributed by atoms with Crippen molar-refractivity contribution in [3.05, 3.63) is 76.8 Å². The van der Waals surface area contributed by atoms with Crippen LogP contribution in [0.1, 0.15) is 24.1 Å². The zero-order valence-corrected chi connectivity index (χ0v) is 17.8. The van der Waals surface area contributed by atoms with Gasteiger partial charge in [-0.15, -0.1) is 11.3 Å². The lowest BCUT2D eigenvalue weighted by atomic mass is 9.95. The molecule has 3 aromatic rings. The Balaban J connectivity index is 1.85. The summed E-state index contributed by atoms with van der Waals surface area (Å²) in [6, 6.07) is 12.9. The molecule has 1 unspecified atom stereocenters. The van der Waals surface area contributed by atoms with Crippen LogP contribution in [-0.2, 0) is 9.59 Å². The molecule has 4 rings (SSSR count). The van der Waals surface area contributed by atoms with E-state index >= 15 is 0 Å². The van der Waals surface area contributed by atoms with E-state index in [0.29, 0.717) is 34.4 Å². The number of carbonyl (C=O) groups is 2. The SMILES string of the molecule is CCOc1ccc(C(O)=C2C(=O)C(=O)N(c3nccs3)C2c2ccc(OC)cc2)cc1. The molecule has 31 heavy (non-hydrogen) atoms. The summed E-state index contributed by atoms with van der Waals surface area (Å²) >= 11 is 1.25. The van der Waals surface area contributed by atoms with E-state index in [-0.39, 0.29) is 11.3 Å². The van der Waals surface area contributed by atoms with Crippen molar-refractivity contribution in [2.45, 2.75) is 13.0 Å². The van der Waals surface area contributed by atoms with Crippen molar-refractivity contribution in [2.75, 3.05) is 18.6 Å². The molecule has 0 bridgehead atoms. The number of hydrogen-bond acceptors (Lipinski definition) is 7. The molecule has 2 heterocycles. The van der Waals surface area contributed by atoms with E-state index < -0.39 is 17.7 Å². The summed E-state index contributed by atoms with van der Waals surface area (Å²) in [5.41, 5.74) is 1.08. The molecule has 0 spiro atoms. The number of nitrogens with zero attached hydrogens (tertiary/aromatic N) is 2. The van der Waals surface area contributed by atoms with Gasteiger partial charge in [-0.25, -0.2) is 4.98 Å². The van der Waals surface area contributed by atoms with Gasteiger partial charge in [-0.1, -0.05) is 12.1 Å². The maximum atomic E-state index is 13.0. The first-order valence-electron chi connectivity index (χ1n) is 9.62. The van der Waals surface area contributed by atoms with Crippen LogP contribution >= 0.6 is 11.3 Å². The minimum atomic E-state index is -0.816. The fraction of sp³-hybridized carbons (Fsp3) is 0.174. The lowest BCUT2D eigenvalue weighted by molar-refractivity contribution is -0.132. The first-order valence-corrected chi connectivity index (χ1v) is 10.5. The minimum absolute atomic E-state index is 0.00882. The lowest BCUT2D eigenvalue weighted by Crippen LogP contribution is -2.29. The number of rotatable bonds is 6. The number of aliphatic hydroxyl groups excluding tert-OH is 1. The molecule has 0 aliphatic carbocycles. The van der Waals surface area contributed by atoms with Gasteiger partial charge in [-0.05, 0) is 48.9 Å². The number of amides is 1. The molecule has 0 saturated carbocycles. The zero-order valence-electron chi connectivity index (χ0n) is 16.9. The molecule has 1 aliphatic heterocycles. The number of ether oxygens (including phenoxy) is 2. The average molecular weight is 436 g/mol.